The first-order valence-corrected chi connectivity index (χ1v) is 11.0. The predicted octanol–water partition coefficient (Wildman–Crippen LogP) is 3.17. The first-order chi connectivity index (χ1) is 16.2. The van der Waals surface area contributed by atoms with Crippen LogP contribution in [0.1, 0.15) is 31.1 Å². The van der Waals surface area contributed by atoms with Gasteiger partial charge in [0.05, 0.1) is 23.9 Å². The Morgan fingerprint density at radius 3 is 2.53 bits per heavy atom. The minimum absolute atomic E-state index is 0.0391. The monoisotopic (exact) mass is 466 g/mol. The molecule has 2 atom stereocenters. The van der Waals surface area contributed by atoms with Gasteiger partial charge in [-0.15, -0.1) is 0 Å². The molecule has 2 unspecified atom stereocenters. The van der Waals surface area contributed by atoms with E-state index in [2.05, 4.69) is 44.7 Å². The molecule has 0 radical (unpaired) electrons. The maximum absolute atomic E-state index is 14.3. The van der Waals surface area contributed by atoms with Crippen LogP contribution in [-0.4, -0.2) is 54.1 Å². The number of halogens is 1. The SMILES string of the molecule is COc1ncc2c(N3CC(C)NC(C)C3)ccc(C(=O)Nc3ccc(NC(C)=O)c(F)c3)c2n1. The van der Waals surface area contributed by atoms with Crippen molar-refractivity contribution in [3.63, 3.8) is 0 Å². The van der Waals surface area contributed by atoms with Gasteiger partial charge in [0.2, 0.25) is 5.91 Å². The number of hydrogen-bond acceptors (Lipinski definition) is 7. The molecular formula is C24H27FN6O3. The molecule has 2 aromatic carbocycles. The highest BCUT2D eigenvalue weighted by molar-refractivity contribution is 6.14. The number of rotatable bonds is 5. The van der Waals surface area contributed by atoms with Crippen LogP contribution in [0, 0.1) is 5.82 Å². The van der Waals surface area contributed by atoms with Crippen molar-refractivity contribution >= 4 is 39.8 Å². The minimum Gasteiger partial charge on any atom is -0.467 e. The largest absolute Gasteiger partial charge is 0.467 e. The summed E-state index contributed by atoms with van der Waals surface area (Å²) in [6.45, 7) is 7.15. The van der Waals surface area contributed by atoms with Crippen molar-refractivity contribution in [1.29, 1.82) is 0 Å². The Kier molecular flexibility index (Phi) is 6.60. The van der Waals surface area contributed by atoms with Gasteiger partial charge in [0.1, 0.15) is 5.82 Å². The third-order valence-corrected chi connectivity index (χ3v) is 5.57. The molecule has 0 bridgehead atoms. The van der Waals surface area contributed by atoms with E-state index >= 15 is 0 Å². The number of nitrogens with one attached hydrogen (secondary N) is 3. The summed E-state index contributed by atoms with van der Waals surface area (Å²) in [6, 6.07) is 8.41. The number of fused-ring (bicyclic) bond motifs is 1. The Labute approximate surface area is 196 Å². The summed E-state index contributed by atoms with van der Waals surface area (Å²) < 4.78 is 19.5. The fourth-order valence-electron chi connectivity index (χ4n) is 4.25. The number of hydrogen-bond donors (Lipinski definition) is 3. The molecule has 4 rings (SSSR count). The number of benzene rings is 2. The van der Waals surface area contributed by atoms with E-state index in [1.54, 1.807) is 12.3 Å². The summed E-state index contributed by atoms with van der Waals surface area (Å²) in [6.07, 6.45) is 1.66. The van der Waals surface area contributed by atoms with Crippen LogP contribution >= 0.6 is 0 Å². The normalized spacial score (nSPS) is 18.0. The first-order valence-electron chi connectivity index (χ1n) is 11.0. The predicted molar refractivity (Wildman–Crippen MR) is 129 cm³/mol. The summed E-state index contributed by atoms with van der Waals surface area (Å²) in [4.78, 5) is 35.3. The second-order valence-corrected chi connectivity index (χ2v) is 8.45. The minimum atomic E-state index is -0.654. The molecule has 0 spiro atoms. The molecule has 9 nitrogen and oxygen atoms in total. The molecule has 1 aliphatic rings. The number of carbonyl (C=O) groups excluding carboxylic acids is 2. The molecule has 1 fully saturated rings. The van der Waals surface area contributed by atoms with Gasteiger partial charge in [-0.1, -0.05) is 0 Å². The van der Waals surface area contributed by atoms with E-state index in [0.717, 1.165) is 30.2 Å². The van der Waals surface area contributed by atoms with Gasteiger partial charge < -0.3 is 25.6 Å². The van der Waals surface area contributed by atoms with Crippen molar-refractivity contribution in [2.24, 2.45) is 0 Å². The zero-order valence-corrected chi connectivity index (χ0v) is 19.5. The molecule has 0 aliphatic carbocycles. The summed E-state index contributed by atoms with van der Waals surface area (Å²) in [7, 11) is 1.46. The standard InChI is InChI=1S/C24H27FN6O3/c1-13-11-31(12-14(2)27-13)21-8-6-17(22-18(21)10-26-24(30-22)34-4)23(33)29-16-5-7-20(19(25)9-16)28-15(3)32/h5-10,13-14,27H,11-12H2,1-4H3,(H,28,32)(H,29,33). The molecule has 34 heavy (non-hydrogen) atoms. The van der Waals surface area contributed by atoms with E-state index in [-0.39, 0.29) is 23.3 Å². The second kappa shape index (κ2) is 9.60. The quantitative estimate of drug-likeness (QED) is 0.530. The van der Waals surface area contributed by atoms with E-state index in [1.165, 1.54) is 26.2 Å². The van der Waals surface area contributed by atoms with Crippen LogP contribution in [0.25, 0.3) is 10.9 Å². The van der Waals surface area contributed by atoms with E-state index < -0.39 is 11.7 Å². The average Bonchev–Trinajstić information content (AvgIpc) is 2.78. The summed E-state index contributed by atoms with van der Waals surface area (Å²) in [5, 5.41) is 9.34. The third kappa shape index (κ3) is 4.91. The smallest absolute Gasteiger partial charge is 0.316 e. The Hall–Kier alpha value is -3.79. The molecule has 2 heterocycles. The van der Waals surface area contributed by atoms with E-state index in [4.69, 9.17) is 4.74 Å². The van der Waals surface area contributed by atoms with Gasteiger partial charge in [0.25, 0.3) is 5.91 Å². The van der Waals surface area contributed by atoms with Crippen molar-refractivity contribution in [2.75, 3.05) is 35.7 Å². The number of piperazine rings is 1. The highest BCUT2D eigenvalue weighted by Crippen LogP contribution is 2.31. The van der Waals surface area contributed by atoms with Gasteiger partial charge in [-0.3, -0.25) is 9.59 Å². The summed E-state index contributed by atoms with van der Waals surface area (Å²) in [5.41, 5.74) is 1.97. The number of methoxy groups -OCH3 is 1. The lowest BCUT2D eigenvalue weighted by Gasteiger charge is -2.38. The molecule has 1 aliphatic heterocycles. The van der Waals surface area contributed by atoms with Crippen molar-refractivity contribution < 1.29 is 18.7 Å². The van der Waals surface area contributed by atoms with Crippen LogP contribution < -0.4 is 25.6 Å². The number of anilines is 3. The van der Waals surface area contributed by atoms with Crippen LogP contribution in [0.3, 0.4) is 0 Å². The molecule has 2 amide bonds. The Bertz CT molecular complexity index is 1240. The van der Waals surface area contributed by atoms with Crippen LogP contribution in [0.2, 0.25) is 0 Å². The van der Waals surface area contributed by atoms with Crippen molar-refractivity contribution in [3.8, 4) is 6.01 Å². The lowest BCUT2D eigenvalue weighted by atomic mass is 10.0. The third-order valence-electron chi connectivity index (χ3n) is 5.57. The Balaban J connectivity index is 1.69. The Morgan fingerprint density at radius 2 is 1.88 bits per heavy atom. The van der Waals surface area contributed by atoms with Crippen LogP contribution in [0.15, 0.2) is 36.5 Å². The number of aromatic nitrogens is 2. The van der Waals surface area contributed by atoms with Gasteiger partial charge in [0, 0.05) is 55.1 Å². The maximum atomic E-state index is 14.3. The van der Waals surface area contributed by atoms with Crippen LogP contribution in [0.4, 0.5) is 21.5 Å². The fraction of sp³-hybridized carbons (Fsp3) is 0.333. The first kappa shape index (κ1) is 23.4. The zero-order valence-electron chi connectivity index (χ0n) is 19.5. The topological polar surface area (TPSA) is 108 Å². The number of nitrogens with zero attached hydrogens (tertiary/aromatic N) is 3. The number of carbonyl (C=O) groups is 2. The van der Waals surface area contributed by atoms with Crippen LogP contribution in [0.5, 0.6) is 6.01 Å². The van der Waals surface area contributed by atoms with Gasteiger partial charge >= 0.3 is 6.01 Å². The van der Waals surface area contributed by atoms with E-state index in [9.17, 15) is 14.0 Å². The average molecular weight is 467 g/mol. The molecular weight excluding hydrogens is 439 g/mol. The van der Waals surface area contributed by atoms with Crippen LogP contribution in [-0.2, 0) is 4.79 Å². The molecule has 3 aromatic rings. The van der Waals surface area contributed by atoms with Crippen molar-refractivity contribution in [1.82, 2.24) is 15.3 Å². The molecule has 0 saturated carbocycles. The number of amides is 2. The summed E-state index contributed by atoms with van der Waals surface area (Å²) >= 11 is 0. The molecule has 178 valence electrons. The lowest BCUT2D eigenvalue weighted by Crippen LogP contribution is -2.54. The highest BCUT2D eigenvalue weighted by atomic mass is 19.1. The van der Waals surface area contributed by atoms with Crippen molar-refractivity contribution in [2.45, 2.75) is 32.9 Å². The molecule has 3 N–H and O–H groups in total. The lowest BCUT2D eigenvalue weighted by molar-refractivity contribution is -0.114. The second-order valence-electron chi connectivity index (χ2n) is 8.45. The van der Waals surface area contributed by atoms with Gasteiger partial charge in [0.15, 0.2) is 0 Å². The van der Waals surface area contributed by atoms with Gasteiger partial charge in [-0.05, 0) is 44.2 Å². The Morgan fingerprint density at radius 1 is 1.15 bits per heavy atom. The van der Waals surface area contributed by atoms with E-state index in [1.807, 2.05) is 6.07 Å². The van der Waals surface area contributed by atoms with Crippen molar-refractivity contribution in [3.05, 3.63) is 47.9 Å². The zero-order chi connectivity index (χ0) is 24.4. The molecule has 1 saturated heterocycles. The number of ether oxygens (including phenoxy) is 1. The van der Waals surface area contributed by atoms with Gasteiger partial charge in [-0.25, -0.2) is 9.37 Å². The maximum Gasteiger partial charge on any atom is 0.316 e. The van der Waals surface area contributed by atoms with E-state index in [0.29, 0.717) is 23.2 Å². The summed E-state index contributed by atoms with van der Waals surface area (Å²) in [5.74, 6) is -1.49. The molecule has 1 aromatic heterocycles. The highest BCUT2D eigenvalue weighted by Gasteiger charge is 2.24. The fourth-order valence-corrected chi connectivity index (χ4v) is 4.25. The van der Waals surface area contributed by atoms with Gasteiger partial charge in [-0.2, -0.15) is 4.98 Å². The molecule has 10 heteroatoms.